The third-order valence-electron chi connectivity index (χ3n) is 4.71. The van der Waals surface area contributed by atoms with Crippen molar-refractivity contribution >= 4 is 23.4 Å². The van der Waals surface area contributed by atoms with Crippen LogP contribution in [0.3, 0.4) is 0 Å². The summed E-state index contributed by atoms with van der Waals surface area (Å²) in [6.45, 7) is 4.07. The van der Waals surface area contributed by atoms with Crippen molar-refractivity contribution in [3.63, 3.8) is 0 Å². The molecule has 1 aliphatic heterocycles. The summed E-state index contributed by atoms with van der Waals surface area (Å²) in [5, 5.41) is 3.06. The SMILES string of the molecule is O=C(NCC(=O)N1CCCN(Cc2ccccc2)CC1)c1ccccc1Cl. The highest BCUT2D eigenvalue weighted by Crippen LogP contribution is 2.14. The second-order valence-corrected chi connectivity index (χ2v) is 7.07. The van der Waals surface area contributed by atoms with E-state index in [1.54, 1.807) is 24.3 Å². The highest BCUT2D eigenvalue weighted by molar-refractivity contribution is 6.33. The topological polar surface area (TPSA) is 52.7 Å². The fraction of sp³-hybridized carbons (Fsp3) is 0.333. The molecular weight excluding hydrogens is 362 g/mol. The summed E-state index contributed by atoms with van der Waals surface area (Å²) in [6, 6.07) is 17.2. The molecule has 0 radical (unpaired) electrons. The van der Waals surface area contributed by atoms with Crippen LogP contribution >= 0.6 is 11.6 Å². The Kier molecular flexibility index (Phi) is 6.85. The van der Waals surface area contributed by atoms with Crippen LogP contribution in [0.4, 0.5) is 0 Å². The molecule has 1 saturated heterocycles. The number of nitrogens with one attached hydrogen (secondary N) is 1. The van der Waals surface area contributed by atoms with Gasteiger partial charge in [0.25, 0.3) is 5.91 Å². The van der Waals surface area contributed by atoms with Crippen molar-refractivity contribution in [2.75, 3.05) is 32.7 Å². The van der Waals surface area contributed by atoms with Gasteiger partial charge < -0.3 is 10.2 Å². The van der Waals surface area contributed by atoms with E-state index in [2.05, 4.69) is 22.3 Å². The summed E-state index contributed by atoms with van der Waals surface area (Å²) in [7, 11) is 0. The average molecular weight is 386 g/mol. The minimum Gasteiger partial charge on any atom is -0.343 e. The molecule has 0 aromatic heterocycles. The van der Waals surface area contributed by atoms with Gasteiger partial charge in [0, 0.05) is 32.7 Å². The fourth-order valence-corrected chi connectivity index (χ4v) is 3.45. The lowest BCUT2D eigenvalue weighted by atomic mass is 10.2. The predicted octanol–water partition coefficient (Wildman–Crippen LogP) is 2.80. The van der Waals surface area contributed by atoms with Gasteiger partial charge in [-0.1, -0.05) is 54.1 Å². The Morgan fingerprint density at radius 2 is 1.67 bits per heavy atom. The number of nitrogens with zero attached hydrogens (tertiary/aromatic N) is 2. The second kappa shape index (κ2) is 9.53. The first-order valence-electron chi connectivity index (χ1n) is 9.20. The van der Waals surface area contributed by atoms with E-state index >= 15 is 0 Å². The van der Waals surface area contributed by atoms with Crippen LogP contribution in [0.5, 0.6) is 0 Å². The third-order valence-corrected chi connectivity index (χ3v) is 5.04. The molecule has 142 valence electrons. The Hall–Kier alpha value is -2.37. The van der Waals surface area contributed by atoms with Gasteiger partial charge in [0.05, 0.1) is 17.1 Å². The number of amides is 2. The average Bonchev–Trinajstić information content (AvgIpc) is 2.93. The van der Waals surface area contributed by atoms with Crippen LogP contribution in [0.1, 0.15) is 22.3 Å². The van der Waals surface area contributed by atoms with Gasteiger partial charge in [-0.25, -0.2) is 0 Å². The van der Waals surface area contributed by atoms with Crippen molar-refractivity contribution in [3.8, 4) is 0 Å². The fourth-order valence-electron chi connectivity index (χ4n) is 3.23. The molecule has 1 N–H and O–H groups in total. The van der Waals surface area contributed by atoms with E-state index in [1.165, 1.54) is 5.56 Å². The van der Waals surface area contributed by atoms with Crippen molar-refractivity contribution in [3.05, 3.63) is 70.7 Å². The van der Waals surface area contributed by atoms with Gasteiger partial charge in [0.1, 0.15) is 0 Å². The zero-order valence-electron chi connectivity index (χ0n) is 15.2. The summed E-state index contributed by atoms with van der Waals surface area (Å²) < 4.78 is 0. The molecule has 27 heavy (non-hydrogen) atoms. The van der Waals surface area contributed by atoms with E-state index < -0.39 is 0 Å². The molecule has 0 saturated carbocycles. The molecule has 0 aliphatic carbocycles. The summed E-state index contributed by atoms with van der Waals surface area (Å²) in [5.74, 6) is -0.383. The van der Waals surface area contributed by atoms with Crippen molar-refractivity contribution in [2.45, 2.75) is 13.0 Å². The maximum atomic E-state index is 12.5. The molecule has 1 aliphatic rings. The zero-order chi connectivity index (χ0) is 19.1. The van der Waals surface area contributed by atoms with Crippen LogP contribution in [-0.2, 0) is 11.3 Å². The van der Waals surface area contributed by atoms with Gasteiger partial charge >= 0.3 is 0 Å². The van der Waals surface area contributed by atoms with Crippen molar-refractivity contribution in [1.29, 1.82) is 0 Å². The van der Waals surface area contributed by atoms with E-state index in [0.717, 1.165) is 26.1 Å². The van der Waals surface area contributed by atoms with E-state index in [-0.39, 0.29) is 18.4 Å². The van der Waals surface area contributed by atoms with Gasteiger partial charge in [-0.3, -0.25) is 14.5 Å². The van der Waals surface area contributed by atoms with Crippen LogP contribution in [0.15, 0.2) is 54.6 Å². The number of benzene rings is 2. The molecule has 0 unspecified atom stereocenters. The van der Waals surface area contributed by atoms with E-state index in [1.807, 2.05) is 23.1 Å². The minimum absolute atomic E-state index is 0.0112. The summed E-state index contributed by atoms with van der Waals surface area (Å²) >= 11 is 6.03. The summed E-state index contributed by atoms with van der Waals surface area (Å²) in [6.07, 6.45) is 0.928. The van der Waals surface area contributed by atoms with Gasteiger partial charge in [-0.05, 0) is 24.1 Å². The van der Waals surface area contributed by atoms with Crippen LogP contribution in [0.25, 0.3) is 0 Å². The van der Waals surface area contributed by atoms with Crippen molar-refractivity contribution < 1.29 is 9.59 Å². The largest absolute Gasteiger partial charge is 0.343 e. The molecule has 0 atom stereocenters. The molecule has 5 nitrogen and oxygen atoms in total. The lowest BCUT2D eigenvalue weighted by Gasteiger charge is -2.22. The smallest absolute Gasteiger partial charge is 0.253 e. The molecule has 3 rings (SSSR count). The predicted molar refractivity (Wildman–Crippen MR) is 107 cm³/mol. The minimum atomic E-state index is -0.325. The third kappa shape index (κ3) is 5.55. The Morgan fingerprint density at radius 1 is 0.926 bits per heavy atom. The summed E-state index contributed by atoms with van der Waals surface area (Å²) in [4.78, 5) is 28.9. The van der Waals surface area contributed by atoms with Crippen molar-refractivity contribution in [1.82, 2.24) is 15.1 Å². The number of carbonyl (C=O) groups is 2. The highest BCUT2D eigenvalue weighted by Gasteiger charge is 2.20. The normalized spacial score (nSPS) is 15.2. The molecule has 1 fully saturated rings. The number of hydrogen-bond donors (Lipinski definition) is 1. The first-order valence-corrected chi connectivity index (χ1v) is 9.58. The monoisotopic (exact) mass is 385 g/mol. The Labute approximate surface area is 164 Å². The molecule has 2 aromatic carbocycles. The molecule has 0 bridgehead atoms. The van der Waals surface area contributed by atoms with Crippen LogP contribution in [-0.4, -0.2) is 54.3 Å². The number of rotatable bonds is 5. The number of carbonyl (C=O) groups excluding carboxylic acids is 2. The standard InChI is InChI=1S/C21H24ClN3O2/c22-19-10-5-4-9-18(19)21(27)23-15-20(26)25-12-6-11-24(13-14-25)16-17-7-2-1-3-8-17/h1-5,7-10H,6,11-16H2,(H,23,27). The number of halogens is 1. The van der Waals surface area contributed by atoms with Crippen LogP contribution in [0, 0.1) is 0 Å². The van der Waals surface area contributed by atoms with E-state index in [4.69, 9.17) is 11.6 Å². The Balaban J connectivity index is 1.48. The zero-order valence-corrected chi connectivity index (χ0v) is 16.0. The highest BCUT2D eigenvalue weighted by atomic mass is 35.5. The van der Waals surface area contributed by atoms with Gasteiger partial charge in [0.2, 0.25) is 5.91 Å². The Morgan fingerprint density at radius 3 is 2.44 bits per heavy atom. The van der Waals surface area contributed by atoms with Gasteiger partial charge in [-0.15, -0.1) is 0 Å². The van der Waals surface area contributed by atoms with Gasteiger partial charge in [-0.2, -0.15) is 0 Å². The maximum absolute atomic E-state index is 12.5. The quantitative estimate of drug-likeness (QED) is 0.861. The first kappa shape index (κ1) is 19.4. The van der Waals surface area contributed by atoms with Gasteiger partial charge in [0.15, 0.2) is 0 Å². The molecule has 6 heteroatoms. The lowest BCUT2D eigenvalue weighted by Crippen LogP contribution is -2.42. The second-order valence-electron chi connectivity index (χ2n) is 6.66. The van der Waals surface area contributed by atoms with Crippen LogP contribution in [0.2, 0.25) is 5.02 Å². The van der Waals surface area contributed by atoms with Crippen molar-refractivity contribution in [2.24, 2.45) is 0 Å². The molecule has 2 amide bonds. The molecule has 0 spiro atoms. The first-order chi connectivity index (χ1) is 13.1. The molecular formula is C21H24ClN3O2. The maximum Gasteiger partial charge on any atom is 0.253 e. The van der Waals surface area contributed by atoms with E-state index in [0.29, 0.717) is 23.7 Å². The lowest BCUT2D eigenvalue weighted by molar-refractivity contribution is -0.130. The molecule has 1 heterocycles. The molecule has 2 aromatic rings. The van der Waals surface area contributed by atoms with E-state index in [9.17, 15) is 9.59 Å². The van der Waals surface area contributed by atoms with Crippen LogP contribution < -0.4 is 5.32 Å². The summed E-state index contributed by atoms with van der Waals surface area (Å²) in [5.41, 5.74) is 1.67. The number of hydrogen-bond acceptors (Lipinski definition) is 3. The Bertz CT molecular complexity index is 782.